The van der Waals surface area contributed by atoms with Crippen LogP contribution in [-0.2, 0) is 17.9 Å². The van der Waals surface area contributed by atoms with Crippen molar-refractivity contribution < 1.29 is 9.18 Å². The van der Waals surface area contributed by atoms with Gasteiger partial charge < -0.3 is 10.2 Å². The fourth-order valence-electron chi connectivity index (χ4n) is 2.48. The van der Waals surface area contributed by atoms with Gasteiger partial charge in [-0.1, -0.05) is 28.1 Å². The molecule has 0 aliphatic carbocycles. The Bertz CT molecular complexity index is 691. The number of halogens is 2. The zero-order chi connectivity index (χ0) is 16.2. The minimum absolute atomic E-state index is 0.0304. The van der Waals surface area contributed by atoms with Crippen LogP contribution >= 0.6 is 15.9 Å². The number of rotatable bonds is 5. The molecular formula is C17H17BrFN3O. The van der Waals surface area contributed by atoms with E-state index in [2.05, 4.69) is 26.2 Å². The van der Waals surface area contributed by atoms with Crippen LogP contribution in [-0.4, -0.2) is 28.9 Å². The van der Waals surface area contributed by atoms with Gasteiger partial charge in [0.15, 0.2) is 0 Å². The molecule has 2 heterocycles. The number of aromatic nitrogens is 1. The highest BCUT2D eigenvalue weighted by molar-refractivity contribution is 9.10. The van der Waals surface area contributed by atoms with Crippen LogP contribution in [0.3, 0.4) is 0 Å². The van der Waals surface area contributed by atoms with E-state index in [0.29, 0.717) is 29.7 Å². The first-order valence-electron chi connectivity index (χ1n) is 7.47. The Kier molecular flexibility index (Phi) is 5.03. The van der Waals surface area contributed by atoms with Gasteiger partial charge in [0.2, 0.25) is 5.91 Å². The van der Waals surface area contributed by atoms with E-state index in [1.807, 2.05) is 18.2 Å². The fraction of sp³-hybridized carbons (Fsp3) is 0.294. The molecule has 23 heavy (non-hydrogen) atoms. The van der Waals surface area contributed by atoms with Crippen molar-refractivity contribution in [1.82, 2.24) is 15.2 Å². The number of nitrogens with one attached hydrogen (secondary N) is 1. The second-order valence-corrected chi connectivity index (χ2v) is 6.52. The van der Waals surface area contributed by atoms with E-state index < -0.39 is 0 Å². The van der Waals surface area contributed by atoms with Gasteiger partial charge in [-0.25, -0.2) is 4.39 Å². The molecule has 6 heteroatoms. The Labute approximate surface area is 142 Å². The van der Waals surface area contributed by atoms with Crippen LogP contribution in [0.5, 0.6) is 0 Å². The zero-order valence-electron chi connectivity index (χ0n) is 12.5. The number of amides is 1. The Morgan fingerprint density at radius 2 is 2.13 bits per heavy atom. The van der Waals surface area contributed by atoms with Crippen LogP contribution in [0, 0.1) is 11.7 Å². The lowest BCUT2D eigenvalue weighted by molar-refractivity contribution is -0.138. The monoisotopic (exact) mass is 377 g/mol. The third kappa shape index (κ3) is 3.95. The third-order valence-electron chi connectivity index (χ3n) is 3.90. The second-order valence-electron chi connectivity index (χ2n) is 5.61. The van der Waals surface area contributed by atoms with Crippen LogP contribution in [0.25, 0.3) is 0 Å². The maximum atomic E-state index is 14.1. The minimum Gasteiger partial charge on any atom is -0.332 e. The van der Waals surface area contributed by atoms with Crippen LogP contribution in [0.4, 0.5) is 4.39 Å². The molecule has 1 aromatic carbocycles. The first kappa shape index (κ1) is 16.1. The SMILES string of the molecule is O=C(C1CNC1)N(Cc1ccccn1)Cc1ccc(Br)cc1F. The topological polar surface area (TPSA) is 45.2 Å². The van der Waals surface area contributed by atoms with Crippen molar-refractivity contribution in [1.29, 1.82) is 0 Å². The molecule has 1 aliphatic heterocycles. The molecule has 1 amide bonds. The molecule has 0 saturated carbocycles. The molecule has 0 atom stereocenters. The molecule has 1 N–H and O–H groups in total. The normalized spacial score (nSPS) is 14.3. The lowest BCUT2D eigenvalue weighted by atomic mass is 10.0. The first-order valence-corrected chi connectivity index (χ1v) is 8.26. The molecule has 0 radical (unpaired) electrons. The molecular weight excluding hydrogens is 361 g/mol. The number of carbonyl (C=O) groups excluding carboxylic acids is 1. The summed E-state index contributed by atoms with van der Waals surface area (Å²) in [6.45, 7) is 1.98. The van der Waals surface area contributed by atoms with Gasteiger partial charge in [0.1, 0.15) is 5.82 Å². The van der Waals surface area contributed by atoms with Gasteiger partial charge >= 0.3 is 0 Å². The van der Waals surface area contributed by atoms with Gasteiger partial charge in [-0.15, -0.1) is 0 Å². The molecule has 0 spiro atoms. The van der Waals surface area contributed by atoms with Gasteiger partial charge in [-0.3, -0.25) is 9.78 Å². The lowest BCUT2D eigenvalue weighted by Gasteiger charge is -2.32. The largest absolute Gasteiger partial charge is 0.332 e. The Balaban J connectivity index is 1.80. The van der Waals surface area contributed by atoms with E-state index in [1.54, 1.807) is 23.2 Å². The fourth-order valence-corrected chi connectivity index (χ4v) is 2.81. The van der Waals surface area contributed by atoms with Crippen molar-refractivity contribution in [3.63, 3.8) is 0 Å². The average Bonchev–Trinajstić information content (AvgIpc) is 2.48. The molecule has 1 aromatic heterocycles. The molecule has 0 bridgehead atoms. The predicted octanol–water partition coefficient (Wildman–Crippen LogP) is 2.73. The second kappa shape index (κ2) is 7.19. The van der Waals surface area contributed by atoms with E-state index in [1.165, 1.54) is 6.07 Å². The number of carbonyl (C=O) groups is 1. The summed E-state index contributed by atoms with van der Waals surface area (Å²) in [6, 6.07) is 10.5. The number of hydrogen-bond donors (Lipinski definition) is 1. The van der Waals surface area contributed by atoms with E-state index in [9.17, 15) is 9.18 Å². The number of nitrogens with zero attached hydrogens (tertiary/aromatic N) is 2. The molecule has 1 fully saturated rings. The van der Waals surface area contributed by atoms with Crippen molar-refractivity contribution in [3.05, 3.63) is 64.1 Å². The molecule has 2 aromatic rings. The smallest absolute Gasteiger partial charge is 0.228 e. The van der Waals surface area contributed by atoms with Gasteiger partial charge in [-0.05, 0) is 24.3 Å². The molecule has 120 valence electrons. The van der Waals surface area contributed by atoms with Crippen molar-refractivity contribution in [2.24, 2.45) is 5.92 Å². The highest BCUT2D eigenvalue weighted by Crippen LogP contribution is 2.20. The van der Waals surface area contributed by atoms with E-state index >= 15 is 0 Å². The van der Waals surface area contributed by atoms with Gasteiger partial charge in [0.25, 0.3) is 0 Å². The van der Waals surface area contributed by atoms with Crippen molar-refractivity contribution in [3.8, 4) is 0 Å². The molecule has 3 rings (SSSR count). The number of hydrogen-bond acceptors (Lipinski definition) is 3. The Morgan fingerprint density at radius 3 is 2.74 bits per heavy atom. The highest BCUT2D eigenvalue weighted by atomic mass is 79.9. The maximum absolute atomic E-state index is 14.1. The molecule has 1 aliphatic rings. The summed E-state index contributed by atoms with van der Waals surface area (Å²) >= 11 is 3.25. The summed E-state index contributed by atoms with van der Waals surface area (Å²) in [5.74, 6) is -0.307. The maximum Gasteiger partial charge on any atom is 0.228 e. The number of benzene rings is 1. The summed E-state index contributed by atoms with van der Waals surface area (Å²) in [5, 5.41) is 3.10. The van der Waals surface area contributed by atoms with Crippen molar-refractivity contribution >= 4 is 21.8 Å². The Morgan fingerprint density at radius 1 is 1.30 bits per heavy atom. The van der Waals surface area contributed by atoms with E-state index in [4.69, 9.17) is 0 Å². The summed E-state index contributed by atoms with van der Waals surface area (Å²) in [5.41, 5.74) is 1.30. The van der Waals surface area contributed by atoms with Crippen LogP contribution in [0.15, 0.2) is 47.1 Å². The van der Waals surface area contributed by atoms with E-state index in [-0.39, 0.29) is 24.2 Å². The van der Waals surface area contributed by atoms with Crippen LogP contribution in [0.2, 0.25) is 0 Å². The highest BCUT2D eigenvalue weighted by Gasteiger charge is 2.29. The van der Waals surface area contributed by atoms with Crippen LogP contribution < -0.4 is 5.32 Å². The van der Waals surface area contributed by atoms with Gasteiger partial charge in [0, 0.05) is 35.9 Å². The lowest BCUT2D eigenvalue weighted by Crippen LogP contribution is -2.51. The quantitative estimate of drug-likeness (QED) is 0.871. The summed E-state index contributed by atoms with van der Waals surface area (Å²) in [4.78, 5) is 18.6. The van der Waals surface area contributed by atoms with Gasteiger partial charge in [-0.2, -0.15) is 0 Å². The van der Waals surface area contributed by atoms with Crippen molar-refractivity contribution in [2.45, 2.75) is 13.1 Å². The van der Waals surface area contributed by atoms with Crippen LogP contribution in [0.1, 0.15) is 11.3 Å². The first-order chi connectivity index (χ1) is 11.1. The molecule has 0 unspecified atom stereocenters. The van der Waals surface area contributed by atoms with Crippen molar-refractivity contribution in [2.75, 3.05) is 13.1 Å². The predicted molar refractivity (Wildman–Crippen MR) is 89.0 cm³/mol. The zero-order valence-corrected chi connectivity index (χ0v) is 14.1. The summed E-state index contributed by atoms with van der Waals surface area (Å²) < 4.78 is 14.8. The molecule has 1 saturated heterocycles. The van der Waals surface area contributed by atoms with Gasteiger partial charge in [0.05, 0.1) is 18.2 Å². The number of pyridine rings is 1. The third-order valence-corrected chi connectivity index (χ3v) is 4.39. The van der Waals surface area contributed by atoms with E-state index in [0.717, 1.165) is 5.69 Å². The summed E-state index contributed by atoms with van der Waals surface area (Å²) in [6.07, 6.45) is 1.70. The Hall–Kier alpha value is -1.79. The molecule has 4 nitrogen and oxygen atoms in total. The summed E-state index contributed by atoms with van der Waals surface area (Å²) in [7, 11) is 0. The average molecular weight is 378 g/mol. The standard InChI is InChI=1S/C17H17BrFN3O/c18-14-5-4-12(16(19)7-14)10-22(17(23)13-8-20-9-13)11-15-3-1-2-6-21-15/h1-7,13,20H,8-11H2. The minimum atomic E-state index is -0.315.